The molecule has 6 nitrogen and oxygen atoms in total. The van der Waals surface area contributed by atoms with Crippen LogP contribution in [0.3, 0.4) is 0 Å². The van der Waals surface area contributed by atoms with Gasteiger partial charge < -0.3 is 14.5 Å². The zero-order chi connectivity index (χ0) is 18.6. The highest BCUT2D eigenvalue weighted by Crippen LogP contribution is 2.26. The summed E-state index contributed by atoms with van der Waals surface area (Å²) in [6.45, 7) is 10.1. The molecular weight excluding hydrogens is 340 g/mol. The number of hydrogen-bond donors (Lipinski definition) is 0. The minimum absolute atomic E-state index is 0.111. The molecule has 0 N–H and O–H groups in total. The van der Waals surface area contributed by atoms with Crippen LogP contribution in [0.1, 0.15) is 47.0 Å². The van der Waals surface area contributed by atoms with E-state index in [4.69, 9.17) is 4.74 Å². The number of piperidine rings is 1. The van der Waals surface area contributed by atoms with Gasteiger partial charge in [0.25, 0.3) is 0 Å². The second kappa shape index (κ2) is 8.43. The Balaban J connectivity index is 1.74. The van der Waals surface area contributed by atoms with E-state index < -0.39 is 5.60 Å². The Morgan fingerprint density at radius 2 is 1.84 bits per heavy atom. The Bertz CT molecular complexity index is 510. The second-order valence-corrected chi connectivity index (χ2v) is 9.28. The summed E-state index contributed by atoms with van der Waals surface area (Å²) in [6.07, 6.45) is 2.10. The van der Waals surface area contributed by atoms with Crippen LogP contribution in [0.15, 0.2) is 0 Å². The third-order valence-electron chi connectivity index (χ3n) is 4.56. The number of ether oxygens (including phenoxy) is 1. The summed E-state index contributed by atoms with van der Waals surface area (Å²) in [6, 6.07) is 0. The summed E-state index contributed by atoms with van der Waals surface area (Å²) in [5, 5.41) is 0.111. The van der Waals surface area contributed by atoms with Gasteiger partial charge in [0.1, 0.15) is 5.60 Å². The highest BCUT2D eigenvalue weighted by Gasteiger charge is 2.33. The number of carbonyl (C=O) groups is 3. The van der Waals surface area contributed by atoms with Gasteiger partial charge >= 0.3 is 6.09 Å². The predicted molar refractivity (Wildman–Crippen MR) is 98.4 cm³/mol. The van der Waals surface area contributed by atoms with Gasteiger partial charge in [0, 0.05) is 45.3 Å². The van der Waals surface area contributed by atoms with Gasteiger partial charge in [-0.3, -0.25) is 9.59 Å². The molecule has 0 spiro atoms. The number of likely N-dealkylation sites (tertiary alicyclic amines) is 2. The van der Waals surface area contributed by atoms with Crippen LogP contribution in [0.5, 0.6) is 0 Å². The van der Waals surface area contributed by atoms with Crippen molar-refractivity contribution in [2.24, 2.45) is 11.8 Å². The van der Waals surface area contributed by atoms with Gasteiger partial charge in [0.15, 0.2) is 5.12 Å². The maximum atomic E-state index is 12.2. The normalized spacial score (nSPS) is 22.4. The summed E-state index contributed by atoms with van der Waals surface area (Å²) >= 11 is 1.31. The lowest BCUT2D eigenvalue weighted by atomic mass is 9.96. The third kappa shape index (κ3) is 6.53. The Morgan fingerprint density at radius 1 is 1.20 bits per heavy atom. The van der Waals surface area contributed by atoms with Gasteiger partial charge in [-0.1, -0.05) is 11.8 Å². The van der Waals surface area contributed by atoms with E-state index >= 15 is 0 Å². The van der Waals surface area contributed by atoms with Crippen molar-refractivity contribution in [1.82, 2.24) is 9.80 Å². The highest BCUT2D eigenvalue weighted by molar-refractivity contribution is 8.13. The molecule has 2 fully saturated rings. The molecule has 0 aliphatic carbocycles. The molecule has 2 heterocycles. The van der Waals surface area contributed by atoms with Crippen LogP contribution in [-0.4, -0.2) is 64.4 Å². The largest absolute Gasteiger partial charge is 0.444 e. The molecule has 2 amide bonds. The summed E-state index contributed by atoms with van der Waals surface area (Å²) in [7, 11) is 0. The smallest absolute Gasteiger partial charge is 0.410 e. The number of nitrogens with zero attached hydrogens (tertiary/aromatic N) is 2. The van der Waals surface area contributed by atoms with Crippen LogP contribution in [0.4, 0.5) is 4.79 Å². The van der Waals surface area contributed by atoms with Crippen molar-refractivity contribution >= 4 is 28.9 Å². The molecule has 0 aromatic heterocycles. The van der Waals surface area contributed by atoms with E-state index in [0.717, 1.165) is 31.7 Å². The Labute approximate surface area is 154 Å². The minimum Gasteiger partial charge on any atom is -0.444 e. The van der Waals surface area contributed by atoms with Crippen LogP contribution < -0.4 is 0 Å². The zero-order valence-corrected chi connectivity index (χ0v) is 16.6. The molecule has 2 rings (SSSR count). The molecule has 0 saturated carbocycles. The molecule has 0 aromatic carbocycles. The standard InChI is InChI=1S/C18H30N2O4S/c1-13(21)25-12-15-9-16(22)20(11-15)10-14-5-7-19(8-6-14)17(23)24-18(2,3)4/h14-15H,5-12H2,1-4H3. The molecule has 0 radical (unpaired) electrons. The fraction of sp³-hybridized carbons (Fsp3) is 0.833. The monoisotopic (exact) mass is 370 g/mol. The molecule has 1 unspecified atom stereocenters. The lowest BCUT2D eigenvalue weighted by molar-refractivity contribution is -0.128. The molecular formula is C18H30N2O4S. The molecule has 0 aromatic rings. The maximum Gasteiger partial charge on any atom is 0.410 e. The highest BCUT2D eigenvalue weighted by atomic mass is 32.2. The van der Waals surface area contributed by atoms with E-state index in [2.05, 4.69) is 0 Å². The molecule has 0 bridgehead atoms. The summed E-state index contributed by atoms with van der Waals surface area (Å²) < 4.78 is 5.42. The SMILES string of the molecule is CC(=O)SCC1CC(=O)N(CC2CCN(C(=O)OC(C)(C)C)CC2)C1. The molecule has 142 valence electrons. The van der Waals surface area contributed by atoms with E-state index in [0.29, 0.717) is 25.4 Å². The molecule has 2 aliphatic rings. The Kier molecular flexibility index (Phi) is 6.77. The minimum atomic E-state index is -0.469. The number of rotatable bonds is 4. The van der Waals surface area contributed by atoms with E-state index in [-0.39, 0.29) is 23.0 Å². The first-order valence-corrected chi connectivity index (χ1v) is 10.0. The van der Waals surface area contributed by atoms with Crippen LogP contribution in [0.2, 0.25) is 0 Å². The summed E-state index contributed by atoms with van der Waals surface area (Å²) in [4.78, 5) is 39.1. The first-order valence-electron chi connectivity index (χ1n) is 9.03. The van der Waals surface area contributed by atoms with E-state index in [1.54, 1.807) is 11.8 Å². The van der Waals surface area contributed by atoms with Gasteiger partial charge in [0.05, 0.1) is 0 Å². The quantitative estimate of drug-likeness (QED) is 0.761. The van der Waals surface area contributed by atoms with E-state index in [1.807, 2.05) is 25.7 Å². The lowest BCUT2D eigenvalue weighted by Gasteiger charge is -2.34. The second-order valence-electron chi connectivity index (χ2n) is 8.08. The number of amides is 2. The fourth-order valence-corrected chi connectivity index (χ4v) is 4.01. The van der Waals surface area contributed by atoms with Gasteiger partial charge in [-0.25, -0.2) is 4.79 Å². The number of thioether (sulfide) groups is 1. The predicted octanol–water partition coefficient (Wildman–Crippen LogP) is 2.76. The van der Waals surface area contributed by atoms with Crippen molar-refractivity contribution in [2.75, 3.05) is 31.9 Å². The van der Waals surface area contributed by atoms with Crippen LogP contribution in [0, 0.1) is 11.8 Å². The zero-order valence-electron chi connectivity index (χ0n) is 15.7. The van der Waals surface area contributed by atoms with Crippen molar-refractivity contribution in [3.63, 3.8) is 0 Å². The van der Waals surface area contributed by atoms with Crippen molar-refractivity contribution in [1.29, 1.82) is 0 Å². The van der Waals surface area contributed by atoms with Gasteiger partial charge in [-0.05, 0) is 45.4 Å². The first kappa shape index (κ1) is 20.1. The van der Waals surface area contributed by atoms with Crippen molar-refractivity contribution < 1.29 is 19.1 Å². The fourth-order valence-electron chi connectivity index (χ4n) is 3.31. The van der Waals surface area contributed by atoms with E-state index in [1.165, 1.54) is 11.8 Å². The molecule has 7 heteroatoms. The Morgan fingerprint density at radius 3 is 2.40 bits per heavy atom. The average Bonchev–Trinajstić information content (AvgIpc) is 2.84. The van der Waals surface area contributed by atoms with Crippen LogP contribution in [0.25, 0.3) is 0 Å². The lowest BCUT2D eigenvalue weighted by Crippen LogP contribution is -2.44. The van der Waals surface area contributed by atoms with Crippen molar-refractivity contribution in [3.05, 3.63) is 0 Å². The maximum absolute atomic E-state index is 12.2. The summed E-state index contributed by atoms with van der Waals surface area (Å²) in [5.74, 6) is 1.64. The topological polar surface area (TPSA) is 66.9 Å². The number of hydrogen-bond acceptors (Lipinski definition) is 5. The van der Waals surface area contributed by atoms with Gasteiger partial charge in [-0.15, -0.1) is 0 Å². The molecule has 1 atom stereocenters. The van der Waals surface area contributed by atoms with Crippen LogP contribution >= 0.6 is 11.8 Å². The molecule has 2 saturated heterocycles. The Hall–Kier alpha value is -1.24. The van der Waals surface area contributed by atoms with E-state index in [9.17, 15) is 14.4 Å². The first-order chi connectivity index (χ1) is 11.6. The van der Waals surface area contributed by atoms with Gasteiger partial charge in [0.2, 0.25) is 5.91 Å². The van der Waals surface area contributed by atoms with Gasteiger partial charge in [-0.2, -0.15) is 0 Å². The van der Waals surface area contributed by atoms with Crippen molar-refractivity contribution in [2.45, 2.75) is 52.6 Å². The third-order valence-corrected chi connectivity index (χ3v) is 5.61. The summed E-state index contributed by atoms with van der Waals surface area (Å²) in [5.41, 5.74) is -0.469. The van der Waals surface area contributed by atoms with Crippen molar-refractivity contribution in [3.8, 4) is 0 Å². The number of carbonyl (C=O) groups excluding carboxylic acids is 3. The average molecular weight is 371 g/mol. The molecule has 25 heavy (non-hydrogen) atoms. The van der Waals surface area contributed by atoms with Crippen LogP contribution in [-0.2, 0) is 14.3 Å². The molecule has 2 aliphatic heterocycles.